The lowest BCUT2D eigenvalue weighted by Crippen LogP contribution is -2.21. The molecule has 0 aliphatic carbocycles. The van der Waals surface area contributed by atoms with Gasteiger partial charge in [-0.15, -0.1) is 0 Å². The maximum absolute atomic E-state index is 11.6. The third-order valence-electron chi connectivity index (χ3n) is 3.18. The van der Waals surface area contributed by atoms with Crippen LogP contribution in [0.2, 0.25) is 10.2 Å². The number of methoxy groups -OCH3 is 1. The number of halogens is 2. The first-order valence-corrected chi connectivity index (χ1v) is 7.74. The number of benzene rings is 1. The van der Waals surface area contributed by atoms with Crippen molar-refractivity contribution in [3.63, 3.8) is 0 Å². The lowest BCUT2D eigenvalue weighted by Gasteiger charge is -2.25. The molecule has 0 aliphatic rings. The molecule has 0 aliphatic heterocycles. The first-order valence-electron chi connectivity index (χ1n) is 6.17. The Hall–Kier alpha value is -1.30. The second-order valence-electron chi connectivity index (χ2n) is 4.42. The summed E-state index contributed by atoms with van der Waals surface area (Å²) >= 11 is 13.4. The molecule has 2 rings (SSSR count). The Morgan fingerprint density at radius 2 is 2.05 bits per heavy atom. The first-order chi connectivity index (χ1) is 9.95. The number of thiazole rings is 1. The quantitative estimate of drug-likeness (QED) is 0.769. The van der Waals surface area contributed by atoms with Gasteiger partial charge in [-0.05, 0) is 18.6 Å². The fourth-order valence-electron chi connectivity index (χ4n) is 1.85. The summed E-state index contributed by atoms with van der Waals surface area (Å²) in [4.78, 5) is 18.0. The Bertz CT molecular complexity index is 660. The van der Waals surface area contributed by atoms with Crippen LogP contribution < -0.4 is 4.90 Å². The fraction of sp³-hybridized carbons (Fsp3) is 0.286. The van der Waals surface area contributed by atoms with E-state index in [0.29, 0.717) is 15.0 Å². The van der Waals surface area contributed by atoms with Crippen molar-refractivity contribution in [2.24, 2.45) is 0 Å². The van der Waals surface area contributed by atoms with Crippen molar-refractivity contribution in [3.05, 3.63) is 44.9 Å². The highest BCUT2D eigenvalue weighted by molar-refractivity contribution is 7.18. The van der Waals surface area contributed by atoms with E-state index in [1.807, 2.05) is 43.1 Å². The SMILES string of the molecule is COC(=O)c1sc(N(C)C(C)c2ccccc2Cl)nc1Cl. The maximum Gasteiger partial charge on any atom is 0.351 e. The number of aromatic nitrogens is 1. The minimum absolute atomic E-state index is 0.00795. The van der Waals surface area contributed by atoms with Crippen molar-refractivity contribution >= 4 is 45.6 Å². The van der Waals surface area contributed by atoms with Crippen LogP contribution in [0.3, 0.4) is 0 Å². The van der Waals surface area contributed by atoms with E-state index in [9.17, 15) is 4.79 Å². The highest BCUT2D eigenvalue weighted by Gasteiger charge is 2.22. The predicted octanol–water partition coefficient (Wildman–Crippen LogP) is 4.43. The Balaban J connectivity index is 2.30. The molecule has 0 bridgehead atoms. The summed E-state index contributed by atoms with van der Waals surface area (Å²) in [7, 11) is 3.19. The molecule has 0 saturated carbocycles. The van der Waals surface area contributed by atoms with Gasteiger partial charge in [0.15, 0.2) is 15.2 Å². The Kier molecular flexibility index (Phi) is 5.08. The molecule has 0 amide bonds. The first kappa shape index (κ1) is 16.1. The van der Waals surface area contributed by atoms with Crippen molar-refractivity contribution < 1.29 is 9.53 Å². The third kappa shape index (κ3) is 3.31. The molecule has 1 heterocycles. The minimum atomic E-state index is -0.484. The van der Waals surface area contributed by atoms with Crippen LogP contribution in [0.4, 0.5) is 5.13 Å². The molecule has 0 spiro atoms. The van der Waals surface area contributed by atoms with Crippen LogP contribution in [0.1, 0.15) is 28.2 Å². The summed E-state index contributed by atoms with van der Waals surface area (Å²) in [6, 6.07) is 7.61. The van der Waals surface area contributed by atoms with Crippen LogP contribution in [0.15, 0.2) is 24.3 Å². The van der Waals surface area contributed by atoms with Crippen molar-refractivity contribution in [1.29, 1.82) is 0 Å². The van der Waals surface area contributed by atoms with Gasteiger partial charge in [0.1, 0.15) is 0 Å². The van der Waals surface area contributed by atoms with Gasteiger partial charge in [-0.2, -0.15) is 0 Å². The maximum atomic E-state index is 11.6. The minimum Gasteiger partial charge on any atom is -0.465 e. The summed E-state index contributed by atoms with van der Waals surface area (Å²) in [5.74, 6) is -0.484. The zero-order chi connectivity index (χ0) is 15.6. The molecule has 1 unspecified atom stereocenters. The molecular formula is C14H14Cl2N2O2S. The van der Waals surface area contributed by atoms with E-state index < -0.39 is 5.97 Å². The second-order valence-corrected chi connectivity index (χ2v) is 6.16. The summed E-state index contributed by atoms with van der Waals surface area (Å²) in [6.45, 7) is 2.01. The zero-order valence-electron chi connectivity index (χ0n) is 11.8. The average Bonchev–Trinajstić information content (AvgIpc) is 2.87. The average molecular weight is 345 g/mol. The van der Waals surface area contributed by atoms with Gasteiger partial charge in [0.2, 0.25) is 0 Å². The largest absolute Gasteiger partial charge is 0.465 e. The molecule has 1 aromatic carbocycles. The van der Waals surface area contributed by atoms with E-state index in [2.05, 4.69) is 9.72 Å². The topological polar surface area (TPSA) is 42.4 Å². The molecule has 2 aromatic rings. The van der Waals surface area contributed by atoms with E-state index >= 15 is 0 Å². The summed E-state index contributed by atoms with van der Waals surface area (Å²) in [6.07, 6.45) is 0. The molecule has 1 aromatic heterocycles. The van der Waals surface area contributed by atoms with Crippen LogP contribution in [-0.4, -0.2) is 25.1 Å². The van der Waals surface area contributed by atoms with Crippen molar-refractivity contribution in [3.8, 4) is 0 Å². The Morgan fingerprint density at radius 1 is 1.38 bits per heavy atom. The van der Waals surface area contributed by atoms with Gasteiger partial charge < -0.3 is 9.64 Å². The molecule has 1 atom stereocenters. The van der Waals surface area contributed by atoms with Crippen molar-refractivity contribution in [2.45, 2.75) is 13.0 Å². The van der Waals surface area contributed by atoms with Gasteiger partial charge in [-0.1, -0.05) is 52.7 Å². The van der Waals surface area contributed by atoms with E-state index in [1.165, 1.54) is 18.4 Å². The normalized spacial score (nSPS) is 12.0. The van der Waals surface area contributed by atoms with Gasteiger partial charge in [0, 0.05) is 12.1 Å². The van der Waals surface area contributed by atoms with E-state index in [-0.39, 0.29) is 11.2 Å². The number of ether oxygens (including phenoxy) is 1. The number of esters is 1. The van der Waals surface area contributed by atoms with Crippen molar-refractivity contribution in [2.75, 3.05) is 19.1 Å². The Morgan fingerprint density at radius 3 is 2.67 bits per heavy atom. The van der Waals surface area contributed by atoms with E-state index in [4.69, 9.17) is 23.2 Å². The molecule has 0 saturated heterocycles. The number of hydrogen-bond donors (Lipinski definition) is 0. The lowest BCUT2D eigenvalue weighted by atomic mass is 10.1. The zero-order valence-corrected chi connectivity index (χ0v) is 14.1. The van der Waals surface area contributed by atoms with Gasteiger partial charge in [0.05, 0.1) is 13.2 Å². The molecule has 21 heavy (non-hydrogen) atoms. The van der Waals surface area contributed by atoms with E-state index in [1.54, 1.807) is 0 Å². The lowest BCUT2D eigenvalue weighted by molar-refractivity contribution is 0.0606. The van der Waals surface area contributed by atoms with E-state index in [0.717, 1.165) is 5.56 Å². The van der Waals surface area contributed by atoms with Crippen LogP contribution in [-0.2, 0) is 4.74 Å². The smallest absolute Gasteiger partial charge is 0.351 e. The van der Waals surface area contributed by atoms with Crippen LogP contribution >= 0.6 is 34.5 Å². The number of carbonyl (C=O) groups excluding carboxylic acids is 1. The van der Waals surface area contributed by atoms with Gasteiger partial charge in [0.25, 0.3) is 0 Å². The molecule has 0 N–H and O–H groups in total. The second kappa shape index (κ2) is 6.64. The summed E-state index contributed by atoms with van der Waals surface area (Å²) < 4.78 is 4.68. The summed E-state index contributed by atoms with van der Waals surface area (Å²) in [5, 5.41) is 1.47. The number of hydrogen-bond acceptors (Lipinski definition) is 5. The highest BCUT2D eigenvalue weighted by atomic mass is 35.5. The standard InChI is InChI=1S/C14H14Cl2N2O2S/c1-8(9-6-4-5-7-10(9)15)18(2)14-17-12(16)11(21-14)13(19)20-3/h4-8H,1-3H3. The summed E-state index contributed by atoms with van der Waals surface area (Å²) in [5.41, 5.74) is 0.979. The van der Waals surface area contributed by atoms with Crippen molar-refractivity contribution in [1.82, 2.24) is 4.98 Å². The van der Waals surface area contributed by atoms with Crippen LogP contribution in [0.25, 0.3) is 0 Å². The Labute approximate surface area is 137 Å². The molecule has 4 nitrogen and oxygen atoms in total. The van der Waals surface area contributed by atoms with Gasteiger partial charge >= 0.3 is 5.97 Å². The predicted molar refractivity (Wildman–Crippen MR) is 86.7 cm³/mol. The monoisotopic (exact) mass is 344 g/mol. The molecule has 112 valence electrons. The highest BCUT2D eigenvalue weighted by Crippen LogP contribution is 2.35. The number of carbonyl (C=O) groups is 1. The fourth-order valence-corrected chi connectivity index (χ4v) is 3.38. The molecule has 7 heteroatoms. The van der Waals surface area contributed by atoms with Gasteiger partial charge in [-0.3, -0.25) is 0 Å². The number of rotatable bonds is 4. The van der Waals surface area contributed by atoms with Gasteiger partial charge in [-0.25, -0.2) is 9.78 Å². The molecule has 0 radical (unpaired) electrons. The van der Waals surface area contributed by atoms with Crippen LogP contribution in [0.5, 0.6) is 0 Å². The molecular weight excluding hydrogens is 331 g/mol. The number of anilines is 1. The number of nitrogens with zero attached hydrogens (tertiary/aromatic N) is 2. The van der Waals surface area contributed by atoms with Crippen LogP contribution in [0, 0.1) is 0 Å². The third-order valence-corrected chi connectivity index (χ3v) is 5.04. The molecule has 0 fully saturated rings.